The van der Waals surface area contributed by atoms with E-state index < -0.39 is 23.4 Å². The SMILES string of the molecule is OC1CCN(CCc2c(F)cc(C(F)(F)F)cc2F)CC1. The number of aliphatic hydroxyl groups is 1. The van der Waals surface area contributed by atoms with E-state index in [2.05, 4.69) is 0 Å². The van der Waals surface area contributed by atoms with Crippen molar-refractivity contribution in [2.75, 3.05) is 19.6 Å². The van der Waals surface area contributed by atoms with E-state index in [0.29, 0.717) is 44.6 Å². The third-order valence-corrected chi connectivity index (χ3v) is 3.70. The Morgan fingerprint density at radius 3 is 2.10 bits per heavy atom. The van der Waals surface area contributed by atoms with Crippen LogP contribution in [0.2, 0.25) is 0 Å². The molecule has 0 bridgehead atoms. The fourth-order valence-corrected chi connectivity index (χ4v) is 2.42. The maximum absolute atomic E-state index is 13.7. The van der Waals surface area contributed by atoms with Crippen LogP contribution < -0.4 is 0 Å². The minimum Gasteiger partial charge on any atom is -0.393 e. The molecule has 0 radical (unpaired) electrons. The highest BCUT2D eigenvalue weighted by molar-refractivity contribution is 5.28. The van der Waals surface area contributed by atoms with Crippen LogP contribution in [0.15, 0.2) is 12.1 Å². The minimum atomic E-state index is -4.76. The van der Waals surface area contributed by atoms with Crippen molar-refractivity contribution < 1.29 is 27.1 Å². The number of hydrogen-bond donors (Lipinski definition) is 1. The molecule has 21 heavy (non-hydrogen) atoms. The van der Waals surface area contributed by atoms with E-state index in [-0.39, 0.29) is 18.1 Å². The van der Waals surface area contributed by atoms with Crippen molar-refractivity contribution in [3.8, 4) is 0 Å². The Morgan fingerprint density at radius 2 is 1.62 bits per heavy atom. The molecule has 0 unspecified atom stereocenters. The second-order valence-corrected chi connectivity index (χ2v) is 5.24. The number of piperidine rings is 1. The summed E-state index contributed by atoms with van der Waals surface area (Å²) in [7, 11) is 0. The van der Waals surface area contributed by atoms with Crippen molar-refractivity contribution in [3.63, 3.8) is 0 Å². The van der Waals surface area contributed by atoms with Gasteiger partial charge >= 0.3 is 6.18 Å². The molecule has 2 nitrogen and oxygen atoms in total. The van der Waals surface area contributed by atoms with Crippen LogP contribution in [0.3, 0.4) is 0 Å². The highest BCUT2D eigenvalue weighted by Gasteiger charge is 2.32. The Hall–Kier alpha value is -1.21. The molecule has 0 saturated carbocycles. The summed E-state index contributed by atoms with van der Waals surface area (Å²) in [5.41, 5.74) is -1.64. The molecule has 1 aromatic carbocycles. The van der Waals surface area contributed by atoms with Crippen molar-refractivity contribution in [2.24, 2.45) is 0 Å². The van der Waals surface area contributed by atoms with Gasteiger partial charge in [0.05, 0.1) is 11.7 Å². The van der Waals surface area contributed by atoms with Gasteiger partial charge in [-0.1, -0.05) is 0 Å². The lowest BCUT2D eigenvalue weighted by atomic mass is 10.0. The van der Waals surface area contributed by atoms with E-state index in [4.69, 9.17) is 0 Å². The van der Waals surface area contributed by atoms with Gasteiger partial charge in [0.25, 0.3) is 0 Å². The zero-order valence-corrected chi connectivity index (χ0v) is 11.3. The van der Waals surface area contributed by atoms with Crippen molar-refractivity contribution >= 4 is 0 Å². The van der Waals surface area contributed by atoms with Crippen LogP contribution in [0.1, 0.15) is 24.0 Å². The lowest BCUT2D eigenvalue weighted by molar-refractivity contribution is -0.138. The molecule has 2 rings (SSSR count). The van der Waals surface area contributed by atoms with Gasteiger partial charge in [-0.2, -0.15) is 13.2 Å². The Balaban J connectivity index is 2.04. The number of aliphatic hydroxyl groups excluding tert-OH is 1. The maximum atomic E-state index is 13.7. The second-order valence-electron chi connectivity index (χ2n) is 5.24. The maximum Gasteiger partial charge on any atom is 0.416 e. The monoisotopic (exact) mass is 309 g/mol. The number of likely N-dealkylation sites (tertiary alicyclic amines) is 1. The molecule has 7 heteroatoms. The van der Waals surface area contributed by atoms with Gasteiger partial charge in [-0.3, -0.25) is 0 Å². The van der Waals surface area contributed by atoms with E-state index in [9.17, 15) is 27.1 Å². The topological polar surface area (TPSA) is 23.5 Å². The van der Waals surface area contributed by atoms with Crippen molar-refractivity contribution in [3.05, 3.63) is 34.9 Å². The predicted octanol–water partition coefficient (Wildman–Crippen LogP) is 2.98. The molecule has 1 aliphatic heterocycles. The van der Waals surface area contributed by atoms with Gasteiger partial charge in [-0.05, 0) is 31.4 Å². The van der Waals surface area contributed by atoms with Gasteiger partial charge in [-0.25, -0.2) is 8.78 Å². The van der Waals surface area contributed by atoms with Crippen molar-refractivity contribution in [2.45, 2.75) is 31.5 Å². The number of halogens is 5. The highest BCUT2D eigenvalue weighted by atomic mass is 19.4. The molecule has 0 aliphatic carbocycles. The standard InChI is InChI=1S/C14H16F5NO/c15-12-7-9(14(17,18)19)8-13(16)11(12)3-6-20-4-1-10(21)2-5-20/h7-8,10,21H,1-6H2. The van der Waals surface area contributed by atoms with Gasteiger partial charge in [0.2, 0.25) is 0 Å². The molecule has 1 heterocycles. The van der Waals surface area contributed by atoms with Gasteiger partial charge in [-0.15, -0.1) is 0 Å². The first-order valence-electron chi connectivity index (χ1n) is 6.73. The summed E-state index contributed by atoms with van der Waals surface area (Å²) in [6, 6.07) is 0.663. The summed E-state index contributed by atoms with van der Waals surface area (Å²) >= 11 is 0. The number of nitrogens with zero attached hydrogens (tertiary/aromatic N) is 1. The van der Waals surface area contributed by atoms with Crippen LogP contribution >= 0.6 is 0 Å². The lowest BCUT2D eigenvalue weighted by Crippen LogP contribution is -2.37. The Kier molecular flexibility index (Phi) is 4.83. The molecule has 1 N–H and O–H groups in total. The molecule has 0 atom stereocenters. The largest absolute Gasteiger partial charge is 0.416 e. The zero-order chi connectivity index (χ0) is 15.6. The Bertz CT molecular complexity index is 472. The summed E-state index contributed by atoms with van der Waals surface area (Å²) in [6.07, 6.45) is -3.91. The van der Waals surface area contributed by atoms with Crippen LogP contribution in [0.4, 0.5) is 22.0 Å². The molecule has 118 valence electrons. The number of rotatable bonds is 3. The van der Waals surface area contributed by atoms with Crippen LogP contribution in [-0.4, -0.2) is 35.7 Å². The summed E-state index contributed by atoms with van der Waals surface area (Å²) in [6.45, 7) is 1.59. The van der Waals surface area contributed by atoms with E-state index in [0.717, 1.165) is 0 Å². The lowest BCUT2D eigenvalue weighted by Gasteiger charge is -2.29. The zero-order valence-electron chi connectivity index (χ0n) is 11.3. The molecule has 1 aromatic rings. The number of alkyl halides is 3. The minimum absolute atomic E-state index is 0.00585. The van der Waals surface area contributed by atoms with Crippen LogP contribution in [0.25, 0.3) is 0 Å². The highest BCUT2D eigenvalue weighted by Crippen LogP contribution is 2.31. The fourth-order valence-electron chi connectivity index (χ4n) is 2.42. The summed E-state index contributed by atoms with van der Waals surface area (Å²) < 4.78 is 64.6. The molecule has 1 fully saturated rings. The Morgan fingerprint density at radius 1 is 1.10 bits per heavy atom. The molecule has 0 spiro atoms. The average Bonchev–Trinajstić information content (AvgIpc) is 2.38. The van der Waals surface area contributed by atoms with Gasteiger partial charge < -0.3 is 10.0 Å². The molecular weight excluding hydrogens is 293 g/mol. The first kappa shape index (κ1) is 16.2. The third kappa shape index (κ3) is 4.14. The van der Waals surface area contributed by atoms with E-state index in [1.165, 1.54) is 0 Å². The van der Waals surface area contributed by atoms with Gasteiger partial charge in [0.15, 0.2) is 0 Å². The summed E-state index contributed by atoms with van der Waals surface area (Å²) in [5, 5.41) is 9.35. The molecule has 0 aromatic heterocycles. The number of hydrogen-bond acceptors (Lipinski definition) is 2. The van der Waals surface area contributed by atoms with E-state index >= 15 is 0 Å². The smallest absolute Gasteiger partial charge is 0.393 e. The van der Waals surface area contributed by atoms with Crippen LogP contribution in [0, 0.1) is 11.6 Å². The second kappa shape index (κ2) is 6.27. The van der Waals surface area contributed by atoms with Crippen LogP contribution in [-0.2, 0) is 12.6 Å². The molecule has 1 saturated heterocycles. The average molecular weight is 309 g/mol. The molecule has 1 aliphatic rings. The third-order valence-electron chi connectivity index (χ3n) is 3.70. The van der Waals surface area contributed by atoms with E-state index in [1.54, 1.807) is 0 Å². The van der Waals surface area contributed by atoms with Crippen molar-refractivity contribution in [1.29, 1.82) is 0 Å². The first-order chi connectivity index (χ1) is 9.77. The number of benzene rings is 1. The van der Waals surface area contributed by atoms with E-state index in [1.807, 2.05) is 4.90 Å². The molecular formula is C14H16F5NO. The van der Waals surface area contributed by atoms with Crippen LogP contribution in [0.5, 0.6) is 0 Å². The quantitative estimate of drug-likeness (QED) is 0.868. The Labute approximate surface area is 119 Å². The van der Waals surface area contributed by atoms with Gasteiger partial charge in [0.1, 0.15) is 11.6 Å². The predicted molar refractivity (Wildman–Crippen MR) is 66.7 cm³/mol. The summed E-state index contributed by atoms with van der Waals surface area (Å²) in [5.74, 6) is -2.33. The summed E-state index contributed by atoms with van der Waals surface area (Å²) in [4.78, 5) is 1.93. The normalized spacial score (nSPS) is 18.2. The fraction of sp³-hybridized carbons (Fsp3) is 0.571. The van der Waals surface area contributed by atoms with Crippen molar-refractivity contribution in [1.82, 2.24) is 4.90 Å². The first-order valence-corrected chi connectivity index (χ1v) is 6.73. The van der Waals surface area contributed by atoms with Gasteiger partial charge in [0, 0.05) is 25.2 Å². The molecule has 0 amide bonds.